The van der Waals surface area contributed by atoms with Crippen LogP contribution < -0.4 is 15.0 Å². The lowest BCUT2D eigenvalue weighted by Crippen LogP contribution is -2.54. The van der Waals surface area contributed by atoms with Gasteiger partial charge in [-0.05, 0) is 85.6 Å². The average Bonchev–Trinajstić information content (AvgIpc) is 3.19. The number of hydrogen-bond acceptors (Lipinski definition) is 5. The minimum absolute atomic E-state index is 0.127. The summed E-state index contributed by atoms with van der Waals surface area (Å²) in [6.07, 6.45) is 4.47. The van der Waals surface area contributed by atoms with Crippen molar-refractivity contribution in [1.82, 2.24) is 14.9 Å². The van der Waals surface area contributed by atoms with Gasteiger partial charge in [0.1, 0.15) is 17.9 Å². The van der Waals surface area contributed by atoms with E-state index < -0.39 is 17.8 Å². The van der Waals surface area contributed by atoms with E-state index in [4.69, 9.17) is 4.74 Å². The van der Waals surface area contributed by atoms with E-state index in [0.717, 1.165) is 37.8 Å². The second kappa shape index (κ2) is 10.5. The number of barbiturate groups is 1. The van der Waals surface area contributed by atoms with Gasteiger partial charge < -0.3 is 9.30 Å². The van der Waals surface area contributed by atoms with Crippen LogP contribution in [0.1, 0.15) is 22.5 Å². The Hall–Kier alpha value is -4.50. The number of rotatable bonds is 6. The van der Waals surface area contributed by atoms with Crippen LogP contribution in [0.15, 0.2) is 89.2 Å². The van der Waals surface area contributed by atoms with Gasteiger partial charge in [-0.1, -0.05) is 28.1 Å². The van der Waals surface area contributed by atoms with Gasteiger partial charge in [-0.2, -0.15) is 0 Å². The van der Waals surface area contributed by atoms with Crippen LogP contribution in [0.2, 0.25) is 0 Å². The standard InChI is InChI=1S/C29H23BrN4O4/c1-18-15-21(16-26-27(35)32-29(37)34(28(26)36)24-11-13-31-14-12-24)19(2)33(18)23-7-9-25(10-8-23)38-17-20-3-5-22(30)6-4-20/h3-16H,17H2,1-2H3,(H,32,35,37)/b26-16+. The molecular formula is C29H23BrN4O4. The van der Waals surface area contributed by atoms with Crippen LogP contribution in [0, 0.1) is 13.8 Å². The van der Waals surface area contributed by atoms with Crippen LogP contribution in [0.5, 0.6) is 5.75 Å². The normalized spacial score (nSPS) is 14.7. The molecule has 1 N–H and O–H groups in total. The highest BCUT2D eigenvalue weighted by atomic mass is 79.9. The number of carbonyl (C=O) groups is 3. The lowest BCUT2D eigenvalue weighted by Gasteiger charge is -2.26. The molecular weight excluding hydrogens is 548 g/mol. The third kappa shape index (κ3) is 5.01. The molecule has 0 radical (unpaired) electrons. The first-order chi connectivity index (χ1) is 18.3. The monoisotopic (exact) mass is 570 g/mol. The summed E-state index contributed by atoms with van der Waals surface area (Å²) in [6, 6.07) is 19.8. The van der Waals surface area contributed by atoms with Crippen LogP contribution in [0.3, 0.4) is 0 Å². The highest BCUT2D eigenvalue weighted by Crippen LogP contribution is 2.27. The zero-order valence-corrected chi connectivity index (χ0v) is 22.2. The summed E-state index contributed by atoms with van der Waals surface area (Å²) in [6.45, 7) is 4.32. The third-order valence-corrected chi connectivity index (χ3v) is 6.74. The first-order valence-electron chi connectivity index (χ1n) is 11.8. The van der Waals surface area contributed by atoms with Crippen molar-refractivity contribution in [3.63, 3.8) is 0 Å². The number of pyridine rings is 1. The van der Waals surface area contributed by atoms with E-state index in [9.17, 15) is 14.4 Å². The van der Waals surface area contributed by atoms with E-state index in [1.807, 2.05) is 73.0 Å². The Balaban J connectivity index is 1.39. The Labute approximate surface area is 227 Å². The molecule has 9 heteroatoms. The minimum Gasteiger partial charge on any atom is -0.489 e. The molecule has 0 bridgehead atoms. The van der Waals surface area contributed by atoms with E-state index in [2.05, 4.69) is 26.2 Å². The highest BCUT2D eigenvalue weighted by molar-refractivity contribution is 9.10. The molecule has 1 aliphatic heterocycles. The first kappa shape index (κ1) is 25.2. The smallest absolute Gasteiger partial charge is 0.335 e. The van der Waals surface area contributed by atoms with Crippen LogP contribution >= 0.6 is 15.9 Å². The number of benzene rings is 2. The summed E-state index contributed by atoms with van der Waals surface area (Å²) in [5.74, 6) is -0.684. The van der Waals surface area contributed by atoms with Crippen LogP contribution in [0.4, 0.5) is 10.5 Å². The molecule has 1 saturated heterocycles. The lowest BCUT2D eigenvalue weighted by molar-refractivity contribution is -0.122. The maximum atomic E-state index is 13.2. The van der Waals surface area contributed by atoms with Crippen molar-refractivity contribution in [2.24, 2.45) is 0 Å². The highest BCUT2D eigenvalue weighted by Gasteiger charge is 2.37. The molecule has 2 aromatic carbocycles. The topological polar surface area (TPSA) is 93.5 Å². The van der Waals surface area contributed by atoms with E-state index in [0.29, 0.717) is 17.9 Å². The number of urea groups is 1. The van der Waals surface area contributed by atoms with Gasteiger partial charge >= 0.3 is 6.03 Å². The molecule has 0 atom stereocenters. The summed E-state index contributed by atoms with van der Waals surface area (Å²) in [4.78, 5) is 43.0. The Kier molecular flexibility index (Phi) is 6.93. The number of nitrogens with zero attached hydrogens (tertiary/aromatic N) is 3. The Morgan fingerprint density at radius 2 is 1.61 bits per heavy atom. The molecule has 5 rings (SSSR count). The van der Waals surface area contributed by atoms with Gasteiger partial charge in [-0.3, -0.25) is 19.9 Å². The van der Waals surface area contributed by atoms with E-state index in [1.165, 1.54) is 30.6 Å². The van der Waals surface area contributed by atoms with Crippen LogP contribution in [-0.4, -0.2) is 27.4 Å². The number of imide groups is 2. The van der Waals surface area contributed by atoms with E-state index in [1.54, 1.807) is 0 Å². The summed E-state index contributed by atoms with van der Waals surface area (Å²) >= 11 is 3.43. The quantitative estimate of drug-likeness (QED) is 0.244. The van der Waals surface area contributed by atoms with Gasteiger partial charge in [0.2, 0.25) is 0 Å². The zero-order chi connectivity index (χ0) is 26.8. The van der Waals surface area contributed by atoms with Crippen molar-refractivity contribution in [2.45, 2.75) is 20.5 Å². The summed E-state index contributed by atoms with van der Waals surface area (Å²) in [5.41, 5.74) is 4.63. The molecule has 1 fully saturated rings. The molecule has 4 amide bonds. The van der Waals surface area contributed by atoms with Gasteiger partial charge in [0.25, 0.3) is 11.8 Å². The number of carbonyl (C=O) groups excluding carboxylic acids is 3. The molecule has 3 heterocycles. The second-order valence-corrected chi connectivity index (χ2v) is 9.65. The SMILES string of the molecule is Cc1cc(/C=C2\C(=O)NC(=O)N(c3ccncc3)C2=O)c(C)n1-c1ccc(OCc2ccc(Br)cc2)cc1. The number of aromatic nitrogens is 2. The molecule has 4 aromatic rings. The maximum Gasteiger partial charge on any atom is 0.335 e. The lowest BCUT2D eigenvalue weighted by atomic mass is 10.1. The fourth-order valence-corrected chi connectivity index (χ4v) is 4.57. The molecule has 0 spiro atoms. The molecule has 38 heavy (non-hydrogen) atoms. The average molecular weight is 571 g/mol. The zero-order valence-electron chi connectivity index (χ0n) is 20.6. The number of nitrogens with one attached hydrogen (secondary N) is 1. The van der Waals surface area contributed by atoms with Crippen molar-refractivity contribution in [3.05, 3.63) is 112 Å². The number of aryl methyl sites for hydroxylation is 1. The van der Waals surface area contributed by atoms with Gasteiger partial charge in [-0.15, -0.1) is 0 Å². The second-order valence-electron chi connectivity index (χ2n) is 8.73. The van der Waals surface area contributed by atoms with Gasteiger partial charge in [-0.25, -0.2) is 9.69 Å². The van der Waals surface area contributed by atoms with Gasteiger partial charge in [0.15, 0.2) is 0 Å². The summed E-state index contributed by atoms with van der Waals surface area (Å²) in [5, 5.41) is 2.25. The number of amides is 4. The fourth-order valence-electron chi connectivity index (χ4n) is 4.31. The largest absolute Gasteiger partial charge is 0.489 e. The molecule has 0 aliphatic carbocycles. The maximum absolute atomic E-state index is 13.2. The van der Waals surface area contributed by atoms with Crippen molar-refractivity contribution in [1.29, 1.82) is 0 Å². The molecule has 8 nitrogen and oxygen atoms in total. The number of halogens is 1. The number of anilines is 1. The van der Waals surface area contributed by atoms with Gasteiger partial charge in [0, 0.05) is 33.9 Å². The van der Waals surface area contributed by atoms with E-state index >= 15 is 0 Å². The minimum atomic E-state index is -0.795. The molecule has 2 aromatic heterocycles. The van der Waals surface area contributed by atoms with Crippen molar-refractivity contribution in [2.75, 3.05) is 4.90 Å². The number of ether oxygens (including phenoxy) is 1. The third-order valence-electron chi connectivity index (χ3n) is 6.21. The predicted octanol–water partition coefficient (Wildman–Crippen LogP) is 5.50. The Morgan fingerprint density at radius 1 is 0.921 bits per heavy atom. The summed E-state index contributed by atoms with van der Waals surface area (Å²) in [7, 11) is 0. The first-order valence-corrected chi connectivity index (χ1v) is 12.6. The van der Waals surface area contributed by atoms with Crippen molar-refractivity contribution < 1.29 is 19.1 Å². The molecule has 1 aliphatic rings. The van der Waals surface area contributed by atoms with Crippen LogP contribution in [-0.2, 0) is 16.2 Å². The van der Waals surface area contributed by atoms with Gasteiger partial charge in [0.05, 0.1) is 5.69 Å². The molecule has 190 valence electrons. The number of hydrogen-bond donors (Lipinski definition) is 1. The Morgan fingerprint density at radius 3 is 2.29 bits per heavy atom. The Bertz CT molecular complexity index is 1560. The predicted molar refractivity (Wildman–Crippen MR) is 147 cm³/mol. The summed E-state index contributed by atoms with van der Waals surface area (Å²) < 4.78 is 8.96. The molecule has 0 saturated carbocycles. The van der Waals surface area contributed by atoms with Crippen molar-refractivity contribution >= 4 is 45.5 Å². The van der Waals surface area contributed by atoms with Crippen LogP contribution in [0.25, 0.3) is 11.8 Å². The van der Waals surface area contributed by atoms with Crippen molar-refractivity contribution in [3.8, 4) is 11.4 Å². The fraction of sp³-hybridized carbons (Fsp3) is 0.103. The molecule has 0 unspecified atom stereocenters. The van der Waals surface area contributed by atoms with E-state index in [-0.39, 0.29) is 5.57 Å².